The number of carbonyl (C=O) groups excluding carboxylic acids is 1. The summed E-state index contributed by atoms with van der Waals surface area (Å²) in [5.41, 5.74) is 1.49. The normalized spacial score (nSPS) is 14.9. The van der Waals surface area contributed by atoms with E-state index in [0.29, 0.717) is 13.2 Å². The van der Waals surface area contributed by atoms with Crippen molar-refractivity contribution in [2.24, 2.45) is 0 Å². The van der Waals surface area contributed by atoms with Crippen LogP contribution in [0.15, 0.2) is 11.6 Å². The fourth-order valence-corrected chi connectivity index (χ4v) is 1.77. The summed E-state index contributed by atoms with van der Waals surface area (Å²) in [6.45, 7) is 2.49. The molecule has 0 aromatic carbocycles. The maximum Gasteiger partial charge on any atom is 0.233 e. The van der Waals surface area contributed by atoms with Gasteiger partial charge in [-0.2, -0.15) is 0 Å². The van der Waals surface area contributed by atoms with E-state index >= 15 is 0 Å². The lowest BCUT2D eigenvalue weighted by atomic mass is 10.2. The van der Waals surface area contributed by atoms with Crippen molar-refractivity contribution in [1.82, 2.24) is 10.6 Å². The van der Waals surface area contributed by atoms with Crippen molar-refractivity contribution in [2.45, 2.75) is 25.7 Å². The average molecular weight is 226 g/mol. The van der Waals surface area contributed by atoms with Gasteiger partial charge in [0.1, 0.15) is 0 Å². The fourth-order valence-electron chi connectivity index (χ4n) is 1.77. The van der Waals surface area contributed by atoms with Gasteiger partial charge in [0.2, 0.25) is 5.91 Å². The van der Waals surface area contributed by atoms with E-state index in [0.717, 1.165) is 19.5 Å². The number of methoxy groups -OCH3 is 1. The molecule has 1 rings (SSSR count). The van der Waals surface area contributed by atoms with Crippen LogP contribution in [0.5, 0.6) is 0 Å². The second kappa shape index (κ2) is 8.30. The number of ether oxygens (including phenoxy) is 1. The second-order valence-corrected chi connectivity index (χ2v) is 4.02. The molecule has 16 heavy (non-hydrogen) atoms. The van der Waals surface area contributed by atoms with Gasteiger partial charge < -0.3 is 15.4 Å². The highest BCUT2D eigenvalue weighted by Crippen LogP contribution is 2.19. The molecular weight excluding hydrogens is 204 g/mol. The molecule has 92 valence electrons. The zero-order valence-electron chi connectivity index (χ0n) is 10.1. The second-order valence-electron chi connectivity index (χ2n) is 4.02. The zero-order valence-corrected chi connectivity index (χ0v) is 10.1. The van der Waals surface area contributed by atoms with Gasteiger partial charge in [0, 0.05) is 20.2 Å². The van der Waals surface area contributed by atoms with Gasteiger partial charge in [-0.3, -0.25) is 4.79 Å². The minimum Gasteiger partial charge on any atom is -0.383 e. The minimum atomic E-state index is 0.0645. The standard InChI is InChI=1S/C12H22N2O2/c1-16-9-8-13-10-12(15)14-7-6-11-4-2-3-5-11/h4,13H,2-3,5-10H2,1H3,(H,14,15). The molecular formula is C12H22N2O2. The molecule has 1 amide bonds. The van der Waals surface area contributed by atoms with Gasteiger partial charge in [-0.15, -0.1) is 0 Å². The number of carbonyl (C=O) groups is 1. The molecule has 0 bridgehead atoms. The first kappa shape index (κ1) is 13.2. The lowest BCUT2D eigenvalue weighted by Gasteiger charge is -2.06. The third-order valence-electron chi connectivity index (χ3n) is 2.67. The Balaban J connectivity index is 1.93. The quantitative estimate of drug-likeness (QED) is 0.476. The molecule has 2 N–H and O–H groups in total. The van der Waals surface area contributed by atoms with E-state index in [9.17, 15) is 4.79 Å². The largest absolute Gasteiger partial charge is 0.383 e. The Morgan fingerprint density at radius 2 is 2.38 bits per heavy atom. The molecule has 0 heterocycles. The Morgan fingerprint density at radius 3 is 3.06 bits per heavy atom. The van der Waals surface area contributed by atoms with Gasteiger partial charge in [0.25, 0.3) is 0 Å². The first-order chi connectivity index (χ1) is 7.83. The monoisotopic (exact) mass is 226 g/mol. The van der Waals surface area contributed by atoms with Crippen LogP contribution in [0.25, 0.3) is 0 Å². The summed E-state index contributed by atoms with van der Waals surface area (Å²) in [4.78, 5) is 11.3. The molecule has 1 aliphatic rings. The number of hydrogen-bond donors (Lipinski definition) is 2. The number of hydrogen-bond acceptors (Lipinski definition) is 3. The van der Waals surface area contributed by atoms with Crippen molar-refractivity contribution in [1.29, 1.82) is 0 Å². The average Bonchev–Trinajstić information content (AvgIpc) is 2.77. The predicted molar refractivity (Wildman–Crippen MR) is 64.3 cm³/mol. The highest BCUT2D eigenvalue weighted by molar-refractivity contribution is 5.77. The zero-order chi connectivity index (χ0) is 11.6. The maximum absolute atomic E-state index is 11.3. The summed E-state index contributed by atoms with van der Waals surface area (Å²) in [6.07, 6.45) is 7.00. The Morgan fingerprint density at radius 1 is 1.50 bits per heavy atom. The molecule has 0 aromatic heterocycles. The smallest absolute Gasteiger partial charge is 0.233 e. The molecule has 0 saturated carbocycles. The van der Waals surface area contributed by atoms with E-state index in [1.165, 1.54) is 24.8 Å². The summed E-state index contributed by atoms with van der Waals surface area (Å²) in [5, 5.41) is 5.92. The SMILES string of the molecule is COCCNCC(=O)NCCC1=CCCC1. The third kappa shape index (κ3) is 5.88. The molecule has 0 radical (unpaired) electrons. The summed E-state index contributed by atoms with van der Waals surface area (Å²) in [6, 6.07) is 0. The van der Waals surface area contributed by atoms with Crippen LogP contribution < -0.4 is 10.6 Å². The van der Waals surface area contributed by atoms with E-state index in [2.05, 4.69) is 16.7 Å². The van der Waals surface area contributed by atoms with Crippen LogP contribution in [-0.2, 0) is 9.53 Å². The van der Waals surface area contributed by atoms with E-state index < -0.39 is 0 Å². The van der Waals surface area contributed by atoms with Gasteiger partial charge in [-0.25, -0.2) is 0 Å². The van der Waals surface area contributed by atoms with Crippen molar-refractivity contribution >= 4 is 5.91 Å². The summed E-state index contributed by atoms with van der Waals surface area (Å²) < 4.78 is 4.87. The van der Waals surface area contributed by atoms with Gasteiger partial charge in [0.15, 0.2) is 0 Å². The first-order valence-electron chi connectivity index (χ1n) is 5.97. The minimum absolute atomic E-state index is 0.0645. The van der Waals surface area contributed by atoms with Crippen LogP contribution in [0.4, 0.5) is 0 Å². The van der Waals surface area contributed by atoms with Crippen molar-refractivity contribution in [3.8, 4) is 0 Å². The van der Waals surface area contributed by atoms with Gasteiger partial charge in [-0.05, 0) is 25.7 Å². The lowest BCUT2D eigenvalue weighted by molar-refractivity contribution is -0.120. The van der Waals surface area contributed by atoms with Gasteiger partial charge in [0.05, 0.1) is 13.2 Å². The molecule has 0 spiro atoms. The lowest BCUT2D eigenvalue weighted by Crippen LogP contribution is -2.35. The van der Waals surface area contributed by atoms with Crippen molar-refractivity contribution < 1.29 is 9.53 Å². The molecule has 0 aromatic rings. The predicted octanol–water partition coefficient (Wildman–Crippen LogP) is 0.839. The van der Waals surface area contributed by atoms with Crippen LogP contribution in [0.1, 0.15) is 25.7 Å². The van der Waals surface area contributed by atoms with E-state index in [1.54, 1.807) is 7.11 Å². The Hall–Kier alpha value is -0.870. The Bertz CT molecular complexity index is 239. The van der Waals surface area contributed by atoms with Crippen molar-refractivity contribution in [2.75, 3.05) is 33.4 Å². The molecule has 0 fully saturated rings. The number of allylic oxidation sites excluding steroid dienone is 1. The number of rotatable bonds is 8. The third-order valence-corrected chi connectivity index (χ3v) is 2.67. The van der Waals surface area contributed by atoms with Crippen molar-refractivity contribution in [3.63, 3.8) is 0 Å². The van der Waals surface area contributed by atoms with E-state index in [4.69, 9.17) is 4.74 Å². The van der Waals surface area contributed by atoms with Crippen LogP contribution in [0.3, 0.4) is 0 Å². The maximum atomic E-state index is 11.3. The van der Waals surface area contributed by atoms with Gasteiger partial charge >= 0.3 is 0 Å². The van der Waals surface area contributed by atoms with Crippen LogP contribution in [-0.4, -0.2) is 39.3 Å². The summed E-state index contributed by atoms with van der Waals surface area (Å²) in [7, 11) is 1.65. The summed E-state index contributed by atoms with van der Waals surface area (Å²) >= 11 is 0. The van der Waals surface area contributed by atoms with Crippen LogP contribution >= 0.6 is 0 Å². The molecule has 0 saturated heterocycles. The highest BCUT2D eigenvalue weighted by Gasteiger charge is 2.05. The number of amides is 1. The van der Waals surface area contributed by atoms with E-state index in [-0.39, 0.29) is 5.91 Å². The Kier molecular flexibility index (Phi) is 6.85. The molecule has 0 atom stereocenters. The fraction of sp³-hybridized carbons (Fsp3) is 0.750. The topological polar surface area (TPSA) is 50.4 Å². The van der Waals surface area contributed by atoms with E-state index in [1.807, 2.05) is 0 Å². The molecule has 0 unspecified atom stereocenters. The van der Waals surface area contributed by atoms with Crippen LogP contribution in [0, 0.1) is 0 Å². The number of nitrogens with one attached hydrogen (secondary N) is 2. The van der Waals surface area contributed by atoms with Gasteiger partial charge in [-0.1, -0.05) is 11.6 Å². The first-order valence-corrected chi connectivity index (χ1v) is 5.97. The Labute approximate surface area is 97.4 Å². The van der Waals surface area contributed by atoms with Crippen molar-refractivity contribution in [3.05, 3.63) is 11.6 Å². The summed E-state index contributed by atoms with van der Waals surface area (Å²) in [5.74, 6) is 0.0645. The highest BCUT2D eigenvalue weighted by atomic mass is 16.5. The molecule has 4 nitrogen and oxygen atoms in total. The molecule has 4 heteroatoms. The molecule has 0 aliphatic heterocycles. The molecule has 1 aliphatic carbocycles. The van der Waals surface area contributed by atoms with Crippen LogP contribution in [0.2, 0.25) is 0 Å².